The van der Waals surface area contributed by atoms with E-state index >= 15 is 0 Å². The lowest BCUT2D eigenvalue weighted by molar-refractivity contribution is -0.115. The van der Waals surface area contributed by atoms with E-state index in [9.17, 15) is 9.59 Å². The van der Waals surface area contributed by atoms with Crippen LogP contribution in [0.1, 0.15) is 19.8 Å². The Morgan fingerprint density at radius 2 is 1.84 bits per heavy atom. The summed E-state index contributed by atoms with van der Waals surface area (Å²) in [5.41, 5.74) is 1.13. The number of imide groups is 1. The van der Waals surface area contributed by atoms with Crippen LogP contribution >= 0.6 is 11.6 Å². The third-order valence-electron chi connectivity index (χ3n) is 3.95. The molecule has 0 unspecified atom stereocenters. The Morgan fingerprint density at radius 3 is 2.52 bits per heavy atom. The predicted molar refractivity (Wildman–Crippen MR) is 98.5 cm³/mol. The standard InChI is InChI=1S/C19H19ClN2O3/c1-2-3-11-25-17-9-7-15(8-10-17)21-13-18(23)22(19(21)24)16-6-4-5-14(20)12-16/h4-10,12H,2-3,11,13H2,1H3. The highest BCUT2D eigenvalue weighted by Gasteiger charge is 2.38. The van der Waals surface area contributed by atoms with E-state index in [4.69, 9.17) is 16.3 Å². The lowest BCUT2D eigenvalue weighted by Crippen LogP contribution is -2.32. The first-order valence-corrected chi connectivity index (χ1v) is 8.61. The van der Waals surface area contributed by atoms with Gasteiger partial charge in [0.25, 0.3) is 5.91 Å². The molecule has 3 rings (SSSR count). The van der Waals surface area contributed by atoms with Gasteiger partial charge in [0.15, 0.2) is 0 Å². The molecule has 130 valence electrons. The number of amides is 3. The molecule has 1 aliphatic heterocycles. The Hall–Kier alpha value is -2.53. The van der Waals surface area contributed by atoms with Crippen molar-refractivity contribution in [1.82, 2.24) is 0 Å². The molecule has 2 aromatic carbocycles. The monoisotopic (exact) mass is 358 g/mol. The zero-order valence-corrected chi connectivity index (χ0v) is 14.7. The van der Waals surface area contributed by atoms with E-state index in [1.165, 1.54) is 4.90 Å². The Bertz CT molecular complexity index is 776. The zero-order valence-electron chi connectivity index (χ0n) is 13.9. The van der Waals surface area contributed by atoms with E-state index in [0.717, 1.165) is 23.5 Å². The largest absolute Gasteiger partial charge is 0.494 e. The van der Waals surface area contributed by atoms with Crippen LogP contribution in [0.4, 0.5) is 16.2 Å². The second-order valence-electron chi connectivity index (χ2n) is 5.77. The van der Waals surface area contributed by atoms with Gasteiger partial charge in [-0.25, -0.2) is 9.69 Å². The van der Waals surface area contributed by atoms with Crippen molar-refractivity contribution in [2.75, 3.05) is 23.0 Å². The highest BCUT2D eigenvalue weighted by atomic mass is 35.5. The molecule has 0 spiro atoms. The van der Waals surface area contributed by atoms with Crippen molar-refractivity contribution in [3.05, 3.63) is 53.6 Å². The Balaban J connectivity index is 1.75. The van der Waals surface area contributed by atoms with Crippen molar-refractivity contribution in [3.8, 4) is 5.75 Å². The number of carbonyl (C=O) groups excluding carboxylic acids is 2. The SMILES string of the molecule is CCCCOc1ccc(N2CC(=O)N(c3cccc(Cl)c3)C2=O)cc1. The van der Waals surface area contributed by atoms with Gasteiger partial charge in [-0.3, -0.25) is 9.69 Å². The molecule has 2 aromatic rings. The number of hydrogen-bond acceptors (Lipinski definition) is 3. The maximum atomic E-state index is 12.7. The zero-order chi connectivity index (χ0) is 17.8. The summed E-state index contributed by atoms with van der Waals surface area (Å²) in [6.45, 7) is 2.77. The molecule has 0 aromatic heterocycles. The summed E-state index contributed by atoms with van der Waals surface area (Å²) in [5, 5.41) is 0.477. The average molecular weight is 359 g/mol. The van der Waals surface area contributed by atoms with Crippen LogP contribution in [0.2, 0.25) is 5.02 Å². The average Bonchev–Trinajstić information content (AvgIpc) is 2.90. The van der Waals surface area contributed by atoms with Crippen molar-refractivity contribution >= 4 is 34.9 Å². The number of halogens is 1. The first-order valence-electron chi connectivity index (χ1n) is 8.23. The fourth-order valence-electron chi connectivity index (χ4n) is 2.63. The summed E-state index contributed by atoms with van der Waals surface area (Å²) in [6, 6.07) is 13.5. The number of rotatable bonds is 6. The summed E-state index contributed by atoms with van der Waals surface area (Å²) in [7, 11) is 0. The van der Waals surface area contributed by atoms with Crippen LogP contribution in [0.5, 0.6) is 5.75 Å². The van der Waals surface area contributed by atoms with Crippen LogP contribution in [0.15, 0.2) is 48.5 Å². The fraction of sp³-hybridized carbons (Fsp3) is 0.263. The molecule has 0 saturated carbocycles. The van der Waals surface area contributed by atoms with Crippen molar-refractivity contribution in [1.29, 1.82) is 0 Å². The number of anilines is 2. The van der Waals surface area contributed by atoms with Gasteiger partial charge in [0, 0.05) is 10.7 Å². The summed E-state index contributed by atoms with van der Waals surface area (Å²) in [6.07, 6.45) is 2.07. The quantitative estimate of drug-likeness (QED) is 0.564. The van der Waals surface area contributed by atoms with Crippen LogP contribution in [-0.2, 0) is 4.79 Å². The minimum Gasteiger partial charge on any atom is -0.494 e. The fourth-order valence-corrected chi connectivity index (χ4v) is 2.81. The number of carbonyl (C=O) groups is 2. The smallest absolute Gasteiger partial charge is 0.336 e. The molecule has 5 nitrogen and oxygen atoms in total. The number of benzene rings is 2. The normalized spacial score (nSPS) is 14.3. The van der Waals surface area contributed by atoms with Gasteiger partial charge in [0.05, 0.1) is 12.3 Å². The predicted octanol–water partition coefficient (Wildman–Crippen LogP) is 4.49. The molecule has 0 N–H and O–H groups in total. The molecule has 1 aliphatic rings. The summed E-state index contributed by atoms with van der Waals surface area (Å²) in [5.74, 6) is 0.470. The molecule has 1 saturated heterocycles. The van der Waals surface area contributed by atoms with Gasteiger partial charge in [0.2, 0.25) is 0 Å². The van der Waals surface area contributed by atoms with Crippen molar-refractivity contribution in [2.24, 2.45) is 0 Å². The number of unbranched alkanes of at least 4 members (excludes halogenated alkanes) is 1. The number of ether oxygens (including phenoxy) is 1. The third-order valence-corrected chi connectivity index (χ3v) is 4.18. The molecule has 0 aliphatic carbocycles. The molecule has 1 fully saturated rings. The maximum absolute atomic E-state index is 12.7. The van der Waals surface area contributed by atoms with Gasteiger partial charge < -0.3 is 4.74 Å². The van der Waals surface area contributed by atoms with Gasteiger partial charge in [-0.15, -0.1) is 0 Å². The lowest BCUT2D eigenvalue weighted by Gasteiger charge is -2.17. The number of hydrogen-bond donors (Lipinski definition) is 0. The molecule has 1 heterocycles. The Morgan fingerprint density at radius 1 is 1.08 bits per heavy atom. The summed E-state index contributed by atoms with van der Waals surface area (Å²) in [4.78, 5) is 27.6. The molecular formula is C19H19ClN2O3. The van der Waals surface area contributed by atoms with Gasteiger partial charge in [-0.05, 0) is 48.9 Å². The minimum atomic E-state index is -0.382. The van der Waals surface area contributed by atoms with Crippen LogP contribution in [0.3, 0.4) is 0 Å². The van der Waals surface area contributed by atoms with Gasteiger partial charge in [-0.1, -0.05) is 31.0 Å². The van der Waals surface area contributed by atoms with E-state index in [2.05, 4.69) is 6.92 Å². The van der Waals surface area contributed by atoms with Crippen molar-refractivity contribution in [3.63, 3.8) is 0 Å². The van der Waals surface area contributed by atoms with Crippen molar-refractivity contribution in [2.45, 2.75) is 19.8 Å². The van der Waals surface area contributed by atoms with Crippen LogP contribution < -0.4 is 14.5 Å². The van der Waals surface area contributed by atoms with Crippen LogP contribution in [0, 0.1) is 0 Å². The van der Waals surface area contributed by atoms with Crippen molar-refractivity contribution < 1.29 is 14.3 Å². The van der Waals surface area contributed by atoms with E-state index in [1.54, 1.807) is 36.4 Å². The lowest BCUT2D eigenvalue weighted by atomic mass is 10.3. The van der Waals surface area contributed by atoms with Gasteiger partial charge in [-0.2, -0.15) is 0 Å². The molecule has 25 heavy (non-hydrogen) atoms. The molecular weight excluding hydrogens is 340 g/mol. The first kappa shape index (κ1) is 17.3. The van der Waals surface area contributed by atoms with E-state index in [-0.39, 0.29) is 18.5 Å². The highest BCUT2D eigenvalue weighted by Crippen LogP contribution is 2.28. The highest BCUT2D eigenvalue weighted by molar-refractivity contribution is 6.32. The molecule has 0 bridgehead atoms. The Kier molecular flexibility index (Phi) is 5.24. The molecule has 0 atom stereocenters. The van der Waals surface area contributed by atoms with E-state index in [1.807, 2.05) is 12.1 Å². The molecule has 0 radical (unpaired) electrons. The first-order chi connectivity index (χ1) is 12.1. The minimum absolute atomic E-state index is 0.00137. The van der Waals surface area contributed by atoms with E-state index in [0.29, 0.717) is 23.0 Å². The number of nitrogens with zero attached hydrogens (tertiary/aromatic N) is 2. The second kappa shape index (κ2) is 7.57. The maximum Gasteiger partial charge on any atom is 0.336 e. The van der Waals surface area contributed by atoms with Gasteiger partial charge in [0.1, 0.15) is 12.3 Å². The Labute approximate surface area is 151 Å². The summed E-state index contributed by atoms with van der Waals surface area (Å²) < 4.78 is 5.62. The van der Waals surface area contributed by atoms with Crippen LogP contribution in [-0.4, -0.2) is 25.1 Å². The third kappa shape index (κ3) is 3.77. The van der Waals surface area contributed by atoms with Gasteiger partial charge >= 0.3 is 6.03 Å². The number of urea groups is 1. The molecule has 3 amide bonds. The topological polar surface area (TPSA) is 49.9 Å². The van der Waals surface area contributed by atoms with E-state index < -0.39 is 0 Å². The van der Waals surface area contributed by atoms with Crippen LogP contribution in [0.25, 0.3) is 0 Å². The second-order valence-corrected chi connectivity index (χ2v) is 6.21. The molecule has 6 heteroatoms. The summed E-state index contributed by atoms with van der Waals surface area (Å²) >= 11 is 5.96.